The smallest absolute Gasteiger partial charge is 0.0417 e. The Morgan fingerprint density at radius 1 is 1.35 bits per heavy atom. The van der Waals surface area contributed by atoms with Crippen LogP contribution in [0.2, 0.25) is 0 Å². The summed E-state index contributed by atoms with van der Waals surface area (Å²) in [6, 6.07) is 7.03. The maximum Gasteiger partial charge on any atom is 0.0417 e. The lowest BCUT2D eigenvalue weighted by Gasteiger charge is -2.30. The van der Waals surface area contributed by atoms with Crippen molar-refractivity contribution in [2.45, 2.75) is 26.3 Å². The highest BCUT2D eigenvalue weighted by Gasteiger charge is 2.14. The number of likely N-dealkylation sites (N-methyl/N-ethyl adjacent to an activating group) is 1. The van der Waals surface area contributed by atoms with Gasteiger partial charge in [0.15, 0.2) is 0 Å². The highest BCUT2D eigenvalue weighted by molar-refractivity contribution is 7.98. The molecule has 1 aromatic carbocycles. The molecule has 1 rings (SSSR count). The van der Waals surface area contributed by atoms with Crippen molar-refractivity contribution in [3.63, 3.8) is 0 Å². The zero-order valence-electron chi connectivity index (χ0n) is 11.4. The van der Waals surface area contributed by atoms with E-state index in [0.717, 1.165) is 12.2 Å². The normalized spacial score (nSPS) is 12.5. The molecule has 0 aliphatic rings. The summed E-state index contributed by atoms with van der Waals surface area (Å²) < 4.78 is 0. The first kappa shape index (κ1) is 14.4. The summed E-state index contributed by atoms with van der Waals surface area (Å²) in [4.78, 5) is 2.32. The molecule has 0 saturated heterocycles. The predicted octanol–water partition coefficient (Wildman–Crippen LogP) is 2.82. The highest BCUT2D eigenvalue weighted by Crippen LogP contribution is 2.22. The fourth-order valence-corrected chi connectivity index (χ4v) is 2.63. The Hall–Kier alpha value is -0.670. The minimum atomic E-state index is 0.434. The van der Waals surface area contributed by atoms with Gasteiger partial charge in [-0.3, -0.25) is 0 Å². The van der Waals surface area contributed by atoms with Gasteiger partial charge in [0.1, 0.15) is 0 Å². The van der Waals surface area contributed by atoms with E-state index in [1.165, 1.54) is 16.8 Å². The van der Waals surface area contributed by atoms with E-state index < -0.39 is 0 Å². The second-order valence-corrected chi connectivity index (χ2v) is 5.56. The molecule has 0 aliphatic heterocycles. The number of nitrogens with two attached hydrogens (primary N) is 1. The molecule has 17 heavy (non-hydrogen) atoms. The summed E-state index contributed by atoms with van der Waals surface area (Å²) in [6.45, 7) is 5.01. The number of thioether (sulfide) groups is 1. The zero-order valence-corrected chi connectivity index (χ0v) is 12.2. The molecule has 96 valence electrons. The first-order chi connectivity index (χ1) is 8.10. The number of nitrogens with zero attached hydrogens (tertiary/aromatic N) is 1. The van der Waals surface area contributed by atoms with Crippen LogP contribution < -0.4 is 10.6 Å². The van der Waals surface area contributed by atoms with Gasteiger partial charge in [-0.1, -0.05) is 17.7 Å². The molecule has 1 atom stereocenters. The lowest BCUT2D eigenvalue weighted by molar-refractivity contribution is 0.622. The summed E-state index contributed by atoms with van der Waals surface area (Å²) in [5.41, 5.74) is 9.82. The monoisotopic (exact) mass is 252 g/mol. The summed E-state index contributed by atoms with van der Waals surface area (Å²) >= 11 is 1.88. The molecule has 2 nitrogen and oxygen atoms in total. The zero-order chi connectivity index (χ0) is 12.8. The molecule has 3 heteroatoms. The van der Waals surface area contributed by atoms with E-state index in [-0.39, 0.29) is 0 Å². The van der Waals surface area contributed by atoms with Crippen LogP contribution in [0.3, 0.4) is 0 Å². The van der Waals surface area contributed by atoms with Crippen molar-refractivity contribution in [1.82, 2.24) is 0 Å². The Kier molecular flexibility index (Phi) is 5.86. The molecular formula is C14H24N2S. The van der Waals surface area contributed by atoms with E-state index in [1.807, 2.05) is 11.8 Å². The third-order valence-corrected chi connectivity index (χ3v) is 3.85. The molecule has 0 bridgehead atoms. The van der Waals surface area contributed by atoms with Gasteiger partial charge in [-0.2, -0.15) is 11.8 Å². The Morgan fingerprint density at radius 2 is 2.06 bits per heavy atom. The molecule has 0 aliphatic carbocycles. The van der Waals surface area contributed by atoms with Crippen LogP contribution in [0.25, 0.3) is 0 Å². The number of rotatable bonds is 6. The van der Waals surface area contributed by atoms with Crippen LogP contribution >= 0.6 is 11.8 Å². The quantitative estimate of drug-likeness (QED) is 0.844. The Bertz CT molecular complexity index is 352. The predicted molar refractivity (Wildman–Crippen MR) is 80.2 cm³/mol. The van der Waals surface area contributed by atoms with E-state index in [2.05, 4.69) is 50.2 Å². The lowest BCUT2D eigenvalue weighted by atomic mass is 10.1. The Balaban J connectivity index is 2.81. The van der Waals surface area contributed by atoms with Crippen molar-refractivity contribution in [2.75, 3.05) is 30.5 Å². The topological polar surface area (TPSA) is 29.3 Å². The van der Waals surface area contributed by atoms with E-state index in [0.29, 0.717) is 12.6 Å². The van der Waals surface area contributed by atoms with Gasteiger partial charge in [-0.25, -0.2) is 0 Å². The molecule has 0 spiro atoms. The standard InChI is InChI=1S/C14H24N2S/c1-11-5-6-14(12(2)9-11)16(3)13(10-15)7-8-17-4/h5-6,9,13H,7-8,10,15H2,1-4H3. The molecule has 0 radical (unpaired) electrons. The van der Waals surface area contributed by atoms with Crippen LogP contribution in [-0.4, -0.2) is 31.6 Å². The molecule has 0 aromatic heterocycles. The molecule has 1 aromatic rings. The van der Waals surface area contributed by atoms with Gasteiger partial charge in [-0.05, 0) is 43.9 Å². The maximum atomic E-state index is 5.88. The first-order valence-electron chi connectivity index (χ1n) is 6.09. The van der Waals surface area contributed by atoms with Crippen molar-refractivity contribution in [3.8, 4) is 0 Å². The Labute approximate surface area is 110 Å². The fraction of sp³-hybridized carbons (Fsp3) is 0.571. The van der Waals surface area contributed by atoms with Gasteiger partial charge in [0.2, 0.25) is 0 Å². The minimum absolute atomic E-state index is 0.434. The fourth-order valence-electron chi connectivity index (χ4n) is 2.12. The molecule has 0 heterocycles. The average Bonchev–Trinajstić information content (AvgIpc) is 2.29. The second-order valence-electron chi connectivity index (χ2n) is 4.57. The van der Waals surface area contributed by atoms with Gasteiger partial charge in [0, 0.05) is 25.3 Å². The third kappa shape index (κ3) is 3.93. The summed E-state index contributed by atoms with van der Waals surface area (Å²) in [6.07, 6.45) is 3.28. The van der Waals surface area contributed by atoms with Crippen molar-refractivity contribution < 1.29 is 0 Å². The van der Waals surface area contributed by atoms with E-state index >= 15 is 0 Å². The molecule has 0 fully saturated rings. The minimum Gasteiger partial charge on any atom is -0.370 e. The maximum absolute atomic E-state index is 5.88. The number of aryl methyl sites for hydroxylation is 2. The molecule has 0 saturated carbocycles. The van der Waals surface area contributed by atoms with Gasteiger partial charge in [-0.15, -0.1) is 0 Å². The van der Waals surface area contributed by atoms with Crippen molar-refractivity contribution >= 4 is 17.4 Å². The number of hydrogen-bond donors (Lipinski definition) is 1. The SMILES string of the molecule is CSCCC(CN)N(C)c1ccc(C)cc1C. The molecule has 0 amide bonds. The van der Waals surface area contributed by atoms with Crippen LogP contribution in [0.4, 0.5) is 5.69 Å². The first-order valence-corrected chi connectivity index (χ1v) is 7.48. The van der Waals surface area contributed by atoms with Crippen molar-refractivity contribution in [3.05, 3.63) is 29.3 Å². The van der Waals surface area contributed by atoms with Crippen molar-refractivity contribution in [1.29, 1.82) is 0 Å². The van der Waals surface area contributed by atoms with Crippen LogP contribution in [0.15, 0.2) is 18.2 Å². The van der Waals surface area contributed by atoms with E-state index in [4.69, 9.17) is 5.73 Å². The number of anilines is 1. The lowest BCUT2D eigenvalue weighted by Crippen LogP contribution is -2.38. The number of benzene rings is 1. The van der Waals surface area contributed by atoms with Crippen LogP contribution in [0, 0.1) is 13.8 Å². The van der Waals surface area contributed by atoms with Crippen molar-refractivity contribution in [2.24, 2.45) is 5.73 Å². The molecule has 2 N–H and O–H groups in total. The van der Waals surface area contributed by atoms with Gasteiger partial charge >= 0.3 is 0 Å². The molecule has 1 unspecified atom stereocenters. The van der Waals surface area contributed by atoms with Crippen LogP contribution in [-0.2, 0) is 0 Å². The van der Waals surface area contributed by atoms with Crippen LogP contribution in [0.1, 0.15) is 17.5 Å². The van der Waals surface area contributed by atoms with Gasteiger partial charge < -0.3 is 10.6 Å². The van der Waals surface area contributed by atoms with E-state index in [9.17, 15) is 0 Å². The third-order valence-electron chi connectivity index (χ3n) is 3.21. The van der Waals surface area contributed by atoms with Crippen LogP contribution in [0.5, 0.6) is 0 Å². The molecular weight excluding hydrogens is 228 g/mol. The average molecular weight is 252 g/mol. The largest absolute Gasteiger partial charge is 0.370 e. The number of hydrogen-bond acceptors (Lipinski definition) is 3. The summed E-state index contributed by atoms with van der Waals surface area (Å²) in [5.74, 6) is 1.16. The highest BCUT2D eigenvalue weighted by atomic mass is 32.2. The summed E-state index contributed by atoms with van der Waals surface area (Å²) in [7, 11) is 2.15. The second kappa shape index (κ2) is 6.92. The summed E-state index contributed by atoms with van der Waals surface area (Å²) in [5, 5.41) is 0. The Morgan fingerprint density at radius 3 is 2.59 bits per heavy atom. The van der Waals surface area contributed by atoms with Gasteiger partial charge in [0.05, 0.1) is 0 Å². The van der Waals surface area contributed by atoms with E-state index in [1.54, 1.807) is 0 Å². The van der Waals surface area contributed by atoms with Gasteiger partial charge in [0.25, 0.3) is 0 Å².